The number of carbonyl (C=O) groups is 2. The molecule has 6 heteroatoms. The van der Waals surface area contributed by atoms with Crippen molar-refractivity contribution in [3.63, 3.8) is 0 Å². The van der Waals surface area contributed by atoms with Gasteiger partial charge in [0.2, 0.25) is 0 Å². The number of halogens is 1. The summed E-state index contributed by atoms with van der Waals surface area (Å²) in [7, 11) is 1.54. The minimum atomic E-state index is -0.582. The van der Waals surface area contributed by atoms with Crippen molar-refractivity contribution in [3.05, 3.63) is 10.7 Å². The molecule has 0 spiro atoms. The molecule has 0 aromatic heterocycles. The highest BCUT2D eigenvalue weighted by Gasteiger charge is 2.09. The molecule has 0 aliphatic rings. The van der Waals surface area contributed by atoms with Crippen molar-refractivity contribution in [3.8, 4) is 0 Å². The minimum Gasteiger partial charge on any atom is -0.386 e. The van der Waals surface area contributed by atoms with Crippen LogP contribution in [0.1, 0.15) is 0 Å². The Morgan fingerprint density at radius 3 is 2.62 bits per heavy atom. The number of carbonyl (C=O) groups excluding carboxylic acids is 2. The molecule has 0 aromatic carbocycles. The second-order valence-corrected chi connectivity index (χ2v) is 2.38. The molecule has 0 rings (SSSR count). The van der Waals surface area contributed by atoms with E-state index < -0.39 is 5.91 Å². The van der Waals surface area contributed by atoms with Gasteiger partial charge in [-0.2, -0.15) is 0 Å². The fourth-order valence-corrected chi connectivity index (χ4v) is 0.795. The zero-order valence-corrected chi connectivity index (χ0v) is 7.81. The van der Waals surface area contributed by atoms with Crippen molar-refractivity contribution in [1.29, 1.82) is 5.41 Å². The zero-order valence-electron chi connectivity index (χ0n) is 7.06. The summed E-state index contributed by atoms with van der Waals surface area (Å²) in [5.74, 6) is -0.582. The summed E-state index contributed by atoms with van der Waals surface area (Å²) < 4.78 is 0. The molecule has 0 aromatic rings. The highest BCUT2D eigenvalue weighted by Crippen LogP contribution is 2.04. The first kappa shape index (κ1) is 11.6. The van der Waals surface area contributed by atoms with Crippen LogP contribution in [0.15, 0.2) is 10.7 Å². The van der Waals surface area contributed by atoms with Gasteiger partial charge in [0.25, 0.3) is 5.91 Å². The van der Waals surface area contributed by atoms with E-state index in [-0.39, 0.29) is 17.3 Å². The van der Waals surface area contributed by atoms with Crippen LogP contribution in [0.2, 0.25) is 0 Å². The van der Waals surface area contributed by atoms with Crippen LogP contribution in [0.4, 0.5) is 0 Å². The number of hydrogen-bond acceptors (Lipinski definition) is 4. The van der Waals surface area contributed by atoms with Gasteiger partial charge in [-0.25, -0.2) is 0 Å². The molecule has 0 saturated carbocycles. The number of hydrogen-bond donors (Lipinski definition) is 3. The lowest BCUT2D eigenvalue weighted by Crippen LogP contribution is -2.27. The van der Waals surface area contributed by atoms with Gasteiger partial charge < -0.3 is 20.8 Å². The number of nitrogens with one attached hydrogen (secondary N) is 3. The van der Waals surface area contributed by atoms with Crippen molar-refractivity contribution in [2.45, 2.75) is 0 Å². The molecule has 1 amide bonds. The molecule has 13 heavy (non-hydrogen) atoms. The Labute approximate surface area is 80.7 Å². The molecule has 0 heterocycles. The van der Waals surface area contributed by atoms with E-state index in [1.165, 1.54) is 7.05 Å². The second-order valence-electron chi connectivity index (χ2n) is 2.00. The first-order valence-corrected chi connectivity index (χ1v) is 3.85. The maximum atomic E-state index is 11.1. The monoisotopic (exact) mass is 203 g/mol. The Morgan fingerprint density at radius 2 is 2.23 bits per heavy atom. The molecule has 0 aliphatic heterocycles. The van der Waals surface area contributed by atoms with Gasteiger partial charge in [0, 0.05) is 13.3 Å². The lowest BCUT2D eigenvalue weighted by Gasteiger charge is -2.03. The highest BCUT2D eigenvalue weighted by molar-refractivity contribution is 6.43. The van der Waals surface area contributed by atoms with E-state index in [2.05, 4.69) is 10.6 Å². The van der Waals surface area contributed by atoms with E-state index in [1.54, 1.807) is 0 Å². The summed E-state index contributed by atoms with van der Waals surface area (Å²) in [4.78, 5) is 21.0. The van der Waals surface area contributed by atoms with Crippen molar-refractivity contribution < 1.29 is 9.59 Å². The van der Waals surface area contributed by atoms with Crippen LogP contribution in [0, 0.1) is 5.41 Å². The van der Waals surface area contributed by atoms with Crippen molar-refractivity contribution in [2.75, 3.05) is 13.6 Å². The van der Waals surface area contributed by atoms with E-state index in [1.807, 2.05) is 0 Å². The standard InChI is InChI=1S/C7H10ClN3O2/c1-10-5(4-9)6(8)7(13)11-2-3-12/h3-4,9-10H,2H2,1H3,(H,11,13)/b6-5-,9-4?. The fourth-order valence-electron chi connectivity index (χ4n) is 0.580. The van der Waals surface area contributed by atoms with E-state index in [0.717, 1.165) is 6.21 Å². The third kappa shape index (κ3) is 3.71. The molecule has 0 bridgehead atoms. The Hall–Kier alpha value is -1.36. The Bertz CT molecular complexity index is 250. The predicted octanol–water partition coefficient (Wildman–Crippen LogP) is -0.379. The van der Waals surface area contributed by atoms with Crippen molar-refractivity contribution in [2.24, 2.45) is 0 Å². The molecule has 72 valence electrons. The topological polar surface area (TPSA) is 82.1 Å². The van der Waals surface area contributed by atoms with Gasteiger partial charge >= 0.3 is 0 Å². The molecule has 0 saturated heterocycles. The summed E-state index contributed by atoms with van der Waals surface area (Å²) in [6.07, 6.45) is 1.47. The predicted molar refractivity (Wildman–Crippen MR) is 49.8 cm³/mol. The molecule has 0 radical (unpaired) electrons. The quantitative estimate of drug-likeness (QED) is 0.324. The minimum absolute atomic E-state index is 0.0932. The molecule has 0 aliphatic carbocycles. The van der Waals surface area contributed by atoms with Crippen LogP contribution < -0.4 is 10.6 Å². The molecular formula is C7H10ClN3O2. The maximum Gasteiger partial charge on any atom is 0.265 e. The third-order valence-corrected chi connectivity index (χ3v) is 1.57. The van der Waals surface area contributed by atoms with E-state index in [4.69, 9.17) is 17.0 Å². The van der Waals surface area contributed by atoms with Gasteiger partial charge in [-0.1, -0.05) is 11.6 Å². The molecule has 3 N–H and O–H groups in total. The lowest BCUT2D eigenvalue weighted by atomic mass is 10.4. The average Bonchev–Trinajstić information content (AvgIpc) is 2.15. The highest BCUT2D eigenvalue weighted by atomic mass is 35.5. The smallest absolute Gasteiger partial charge is 0.265 e. The zero-order chi connectivity index (χ0) is 10.3. The van der Waals surface area contributed by atoms with Gasteiger partial charge in [0.1, 0.15) is 11.3 Å². The average molecular weight is 204 g/mol. The normalized spacial score (nSPS) is 11.2. The number of aldehydes is 1. The number of amides is 1. The lowest BCUT2D eigenvalue weighted by molar-refractivity contribution is -0.118. The van der Waals surface area contributed by atoms with Gasteiger partial charge in [-0.15, -0.1) is 0 Å². The van der Waals surface area contributed by atoms with E-state index >= 15 is 0 Å². The van der Waals surface area contributed by atoms with Crippen molar-refractivity contribution in [1.82, 2.24) is 10.6 Å². The number of rotatable bonds is 5. The third-order valence-electron chi connectivity index (χ3n) is 1.20. The van der Waals surface area contributed by atoms with Gasteiger partial charge in [-0.3, -0.25) is 4.79 Å². The second kappa shape index (κ2) is 6.19. The van der Waals surface area contributed by atoms with Crippen LogP contribution in [0.5, 0.6) is 0 Å². The van der Waals surface area contributed by atoms with Crippen LogP contribution in [-0.4, -0.2) is 32.0 Å². The summed E-state index contributed by atoms with van der Waals surface area (Å²) in [6.45, 7) is -0.0932. The summed E-state index contributed by atoms with van der Waals surface area (Å²) >= 11 is 5.57. The fraction of sp³-hybridized carbons (Fsp3) is 0.286. The SMILES string of the molecule is CN/C(C=N)=C(\Cl)C(=O)NCC=O. The van der Waals surface area contributed by atoms with Crippen LogP contribution >= 0.6 is 11.6 Å². The number of allylic oxidation sites excluding steroid dienone is 1. The summed E-state index contributed by atoms with van der Waals surface area (Å²) in [5, 5.41) is 11.5. The van der Waals surface area contributed by atoms with E-state index in [0.29, 0.717) is 6.29 Å². The van der Waals surface area contributed by atoms with Crippen molar-refractivity contribution >= 4 is 30.0 Å². The Morgan fingerprint density at radius 1 is 1.62 bits per heavy atom. The molecule has 5 nitrogen and oxygen atoms in total. The summed E-state index contributed by atoms with van der Waals surface area (Å²) in [5.41, 5.74) is 0.199. The molecule has 0 fully saturated rings. The van der Waals surface area contributed by atoms with Crippen LogP contribution in [0.25, 0.3) is 0 Å². The Balaban J connectivity index is 4.45. The molecular weight excluding hydrogens is 194 g/mol. The van der Waals surface area contributed by atoms with Gasteiger partial charge in [0.05, 0.1) is 12.2 Å². The first-order valence-electron chi connectivity index (χ1n) is 3.47. The molecule has 0 atom stereocenters. The van der Waals surface area contributed by atoms with Crippen LogP contribution in [-0.2, 0) is 9.59 Å². The molecule has 0 unspecified atom stereocenters. The van der Waals surface area contributed by atoms with Gasteiger partial charge in [0.15, 0.2) is 0 Å². The largest absolute Gasteiger partial charge is 0.386 e. The maximum absolute atomic E-state index is 11.1. The van der Waals surface area contributed by atoms with Gasteiger partial charge in [-0.05, 0) is 0 Å². The van der Waals surface area contributed by atoms with Crippen LogP contribution in [0.3, 0.4) is 0 Å². The van der Waals surface area contributed by atoms with E-state index in [9.17, 15) is 9.59 Å². The Kier molecular flexibility index (Phi) is 5.54. The summed E-state index contributed by atoms with van der Waals surface area (Å²) in [6, 6.07) is 0. The first-order chi connectivity index (χ1) is 6.17.